The summed E-state index contributed by atoms with van der Waals surface area (Å²) in [4.78, 5) is 10.3. The Morgan fingerprint density at radius 1 is 0.696 bits per heavy atom. The molecule has 0 unspecified atom stereocenters. The van der Waals surface area contributed by atoms with Crippen molar-refractivity contribution in [1.29, 1.82) is 5.26 Å². The lowest BCUT2D eigenvalue weighted by Gasteiger charge is -2.25. The van der Waals surface area contributed by atoms with Crippen LogP contribution in [0.3, 0.4) is 0 Å². The maximum atomic E-state index is 9.35. The van der Waals surface area contributed by atoms with Crippen LogP contribution in [0.1, 0.15) is 37.4 Å². The highest BCUT2D eigenvalue weighted by Gasteiger charge is 2.41. The average Bonchev–Trinajstić information content (AvgIpc) is 3.59. The van der Waals surface area contributed by atoms with Crippen LogP contribution >= 0.6 is 0 Å². The monoisotopic (exact) mass is 593 g/mol. The molecule has 9 rings (SSSR count). The van der Waals surface area contributed by atoms with Crippen molar-refractivity contribution in [3.8, 4) is 45.7 Å². The summed E-state index contributed by atoms with van der Waals surface area (Å²) in [7, 11) is 0. The second-order valence-corrected chi connectivity index (χ2v) is 12.2. The zero-order chi connectivity index (χ0) is 35.3. The van der Waals surface area contributed by atoms with E-state index in [1.807, 2.05) is 60.7 Å². The quantitative estimate of drug-likeness (QED) is 0.205. The third-order valence-corrected chi connectivity index (χ3v) is 9.29. The van der Waals surface area contributed by atoms with Gasteiger partial charge in [0.15, 0.2) is 5.82 Å². The van der Waals surface area contributed by atoms with Crippen LogP contribution in [0.15, 0.2) is 133 Å². The standard InChI is InChI=1S/C42H28N4/c1-42(2)35-23-31(27-18-16-26(25-43)17-19-27)20-21-33(35)39-38(42)41(45-40(44-39)28-10-4-3-5-11-28)46-36-15-9-8-14-32(36)34-22-29-12-6-7-13-30(29)24-37(34)46/h3-24H,1-2H3/i3D,4D,5D,10D,11D. The van der Waals surface area contributed by atoms with Crippen molar-refractivity contribution in [3.05, 3.63) is 150 Å². The van der Waals surface area contributed by atoms with Gasteiger partial charge in [-0.2, -0.15) is 5.26 Å². The number of nitriles is 1. The number of hydrogen-bond acceptors (Lipinski definition) is 3. The van der Waals surface area contributed by atoms with Gasteiger partial charge in [0.1, 0.15) is 5.82 Å². The number of aromatic nitrogens is 3. The Morgan fingerprint density at radius 3 is 2.20 bits per heavy atom. The van der Waals surface area contributed by atoms with Gasteiger partial charge in [-0.3, -0.25) is 4.57 Å². The third-order valence-electron chi connectivity index (χ3n) is 9.29. The van der Waals surface area contributed by atoms with Gasteiger partial charge in [-0.05, 0) is 63.9 Å². The van der Waals surface area contributed by atoms with Crippen LogP contribution in [-0.2, 0) is 5.41 Å². The third kappa shape index (κ3) is 3.79. The molecule has 0 spiro atoms. The first-order valence-corrected chi connectivity index (χ1v) is 15.2. The zero-order valence-electron chi connectivity index (χ0n) is 30.1. The fourth-order valence-electron chi connectivity index (χ4n) is 7.06. The van der Waals surface area contributed by atoms with Crippen molar-refractivity contribution in [2.75, 3.05) is 0 Å². The van der Waals surface area contributed by atoms with Gasteiger partial charge in [-0.15, -0.1) is 0 Å². The van der Waals surface area contributed by atoms with Crippen LogP contribution in [0.25, 0.3) is 72.2 Å². The molecule has 216 valence electrons. The molecule has 0 radical (unpaired) electrons. The lowest BCUT2D eigenvalue weighted by Crippen LogP contribution is -2.20. The molecular formula is C42H28N4. The molecule has 0 bridgehead atoms. The van der Waals surface area contributed by atoms with E-state index in [9.17, 15) is 5.26 Å². The summed E-state index contributed by atoms with van der Waals surface area (Å²) in [6.07, 6.45) is 0. The molecule has 0 saturated carbocycles. The summed E-state index contributed by atoms with van der Waals surface area (Å²) in [6, 6.07) is 34.7. The van der Waals surface area contributed by atoms with E-state index in [2.05, 4.69) is 66.9 Å². The van der Waals surface area contributed by atoms with Crippen molar-refractivity contribution in [2.24, 2.45) is 0 Å². The van der Waals surface area contributed by atoms with Crippen LogP contribution in [0.4, 0.5) is 0 Å². The topological polar surface area (TPSA) is 54.5 Å². The zero-order valence-corrected chi connectivity index (χ0v) is 25.1. The molecule has 0 amide bonds. The van der Waals surface area contributed by atoms with Crippen molar-refractivity contribution in [1.82, 2.24) is 14.5 Å². The van der Waals surface area contributed by atoms with Crippen LogP contribution in [0, 0.1) is 11.3 Å². The molecule has 2 aromatic heterocycles. The molecule has 0 N–H and O–H groups in total. The fraction of sp³-hybridized carbons (Fsp3) is 0.0714. The number of rotatable bonds is 3. The van der Waals surface area contributed by atoms with E-state index in [-0.39, 0.29) is 23.5 Å². The molecule has 0 fully saturated rings. The first-order chi connectivity index (χ1) is 24.6. The van der Waals surface area contributed by atoms with E-state index < -0.39 is 23.5 Å². The highest BCUT2D eigenvalue weighted by Crippen LogP contribution is 2.52. The Hall–Kier alpha value is -6.05. The highest BCUT2D eigenvalue weighted by atomic mass is 15.1. The van der Waals surface area contributed by atoms with E-state index in [1.165, 1.54) is 0 Å². The number of para-hydroxylation sites is 1. The number of nitrogens with zero attached hydrogens (tertiary/aromatic N) is 4. The predicted octanol–water partition coefficient (Wildman–Crippen LogP) is 10.2. The van der Waals surface area contributed by atoms with Gasteiger partial charge in [-0.1, -0.05) is 111 Å². The molecule has 6 aromatic carbocycles. The summed E-state index contributed by atoms with van der Waals surface area (Å²) in [6.45, 7) is 4.31. The van der Waals surface area contributed by atoms with Crippen LogP contribution < -0.4 is 0 Å². The molecule has 4 heteroatoms. The molecule has 1 aliphatic carbocycles. The van der Waals surface area contributed by atoms with E-state index >= 15 is 0 Å². The SMILES string of the molecule is [2H]c1c([2H])c([2H])c(-c2nc3c(c(-n4c5ccccc5c5cc6ccccc6cc54)n2)C(C)(C)c2cc(-c4ccc(C#N)cc4)ccc2-3)c([2H])c1[2H]. The van der Waals surface area contributed by atoms with Gasteiger partial charge >= 0.3 is 0 Å². The van der Waals surface area contributed by atoms with Crippen LogP contribution in [-0.4, -0.2) is 14.5 Å². The largest absolute Gasteiger partial charge is 0.293 e. The van der Waals surface area contributed by atoms with E-state index in [4.69, 9.17) is 16.8 Å². The smallest absolute Gasteiger partial charge is 0.162 e. The molecular weight excluding hydrogens is 560 g/mol. The normalized spacial score (nSPS) is 14.7. The maximum absolute atomic E-state index is 9.35. The molecule has 8 aromatic rings. The minimum absolute atomic E-state index is 0.0447. The van der Waals surface area contributed by atoms with E-state index in [0.717, 1.165) is 60.4 Å². The Kier molecular flexibility index (Phi) is 4.57. The van der Waals surface area contributed by atoms with Crippen molar-refractivity contribution < 1.29 is 6.85 Å². The summed E-state index contributed by atoms with van der Waals surface area (Å²) >= 11 is 0. The molecule has 4 nitrogen and oxygen atoms in total. The van der Waals surface area contributed by atoms with Crippen molar-refractivity contribution >= 4 is 32.6 Å². The van der Waals surface area contributed by atoms with E-state index in [1.54, 1.807) is 0 Å². The summed E-state index contributed by atoms with van der Waals surface area (Å²) in [5.41, 5.74) is 7.22. The Balaban J connectivity index is 1.40. The van der Waals surface area contributed by atoms with Crippen molar-refractivity contribution in [2.45, 2.75) is 19.3 Å². The fourth-order valence-corrected chi connectivity index (χ4v) is 7.06. The molecule has 0 atom stereocenters. The van der Waals surface area contributed by atoms with Gasteiger partial charge in [0.25, 0.3) is 0 Å². The second kappa shape index (κ2) is 9.72. The molecule has 0 aliphatic heterocycles. The first-order valence-electron chi connectivity index (χ1n) is 17.7. The molecule has 46 heavy (non-hydrogen) atoms. The van der Waals surface area contributed by atoms with Crippen molar-refractivity contribution in [3.63, 3.8) is 0 Å². The van der Waals surface area contributed by atoms with E-state index in [0.29, 0.717) is 17.1 Å². The number of hydrogen-bond donors (Lipinski definition) is 0. The average molecular weight is 594 g/mol. The lowest BCUT2D eigenvalue weighted by atomic mass is 9.81. The van der Waals surface area contributed by atoms with Crippen LogP contribution in [0.5, 0.6) is 0 Å². The summed E-state index contributed by atoms with van der Waals surface area (Å²) in [5.74, 6) is 0.650. The Bertz CT molecular complexity index is 2820. The summed E-state index contributed by atoms with van der Waals surface area (Å²) < 4.78 is 45.0. The summed E-state index contributed by atoms with van der Waals surface area (Å²) in [5, 5.41) is 13.6. The first kappa shape index (κ1) is 21.6. The molecule has 2 heterocycles. The van der Waals surface area contributed by atoms with Gasteiger partial charge in [0.05, 0.1) is 35.2 Å². The Morgan fingerprint density at radius 2 is 1.41 bits per heavy atom. The Labute approximate surface area is 273 Å². The lowest BCUT2D eigenvalue weighted by molar-refractivity contribution is 0.651. The maximum Gasteiger partial charge on any atom is 0.162 e. The second-order valence-electron chi connectivity index (χ2n) is 12.2. The number of fused-ring (bicyclic) bond motifs is 7. The minimum Gasteiger partial charge on any atom is -0.293 e. The number of benzene rings is 6. The van der Waals surface area contributed by atoms with Gasteiger partial charge in [0.2, 0.25) is 0 Å². The van der Waals surface area contributed by atoms with Gasteiger partial charge in [0, 0.05) is 32.9 Å². The van der Waals surface area contributed by atoms with Gasteiger partial charge < -0.3 is 0 Å². The highest BCUT2D eigenvalue weighted by molar-refractivity contribution is 6.13. The predicted molar refractivity (Wildman–Crippen MR) is 187 cm³/mol. The minimum atomic E-state index is -0.602. The molecule has 0 saturated heterocycles. The molecule has 1 aliphatic rings. The van der Waals surface area contributed by atoms with Gasteiger partial charge in [-0.25, -0.2) is 9.97 Å². The van der Waals surface area contributed by atoms with Crippen LogP contribution in [0.2, 0.25) is 0 Å².